The number of aryl methyl sites for hydroxylation is 2. The second-order valence-electron chi connectivity index (χ2n) is 4.87. The minimum atomic E-state index is -0.951. The molecule has 2 nitrogen and oxygen atoms in total. The molecule has 0 saturated carbocycles. The molecule has 2 rings (SSSR count). The van der Waals surface area contributed by atoms with Crippen LogP contribution in [0.3, 0.4) is 0 Å². The highest BCUT2D eigenvalue weighted by Crippen LogP contribution is 2.19. The molecule has 0 bridgehead atoms. The lowest BCUT2D eigenvalue weighted by atomic mass is 10.1. The van der Waals surface area contributed by atoms with Gasteiger partial charge in [0.05, 0.1) is 6.10 Å². The van der Waals surface area contributed by atoms with E-state index in [-0.39, 0.29) is 6.54 Å². The van der Waals surface area contributed by atoms with Gasteiger partial charge in [-0.2, -0.15) is 0 Å². The molecule has 0 aliphatic carbocycles. The quantitative estimate of drug-likeness (QED) is 0.892. The van der Waals surface area contributed by atoms with Crippen molar-refractivity contribution in [2.75, 3.05) is 11.9 Å². The van der Waals surface area contributed by atoms with E-state index < -0.39 is 17.7 Å². The summed E-state index contributed by atoms with van der Waals surface area (Å²) >= 11 is 0. The van der Waals surface area contributed by atoms with Gasteiger partial charge in [-0.25, -0.2) is 8.78 Å². The molecular formula is C16H17F2NO. The summed E-state index contributed by atoms with van der Waals surface area (Å²) in [7, 11) is 0. The van der Waals surface area contributed by atoms with E-state index in [1.807, 2.05) is 32.0 Å². The molecule has 0 fully saturated rings. The fourth-order valence-corrected chi connectivity index (χ4v) is 1.90. The Morgan fingerprint density at radius 1 is 1.00 bits per heavy atom. The number of nitrogens with one attached hydrogen (secondary N) is 1. The van der Waals surface area contributed by atoms with Gasteiger partial charge in [0, 0.05) is 12.2 Å². The van der Waals surface area contributed by atoms with Gasteiger partial charge >= 0.3 is 0 Å². The van der Waals surface area contributed by atoms with Crippen LogP contribution in [0.15, 0.2) is 36.4 Å². The van der Waals surface area contributed by atoms with E-state index in [0.29, 0.717) is 5.56 Å². The molecule has 20 heavy (non-hydrogen) atoms. The Morgan fingerprint density at radius 2 is 1.75 bits per heavy atom. The van der Waals surface area contributed by atoms with Gasteiger partial charge in [0.2, 0.25) is 0 Å². The first kappa shape index (κ1) is 14.5. The number of rotatable bonds is 4. The molecule has 0 heterocycles. The summed E-state index contributed by atoms with van der Waals surface area (Å²) in [6, 6.07) is 9.30. The zero-order valence-electron chi connectivity index (χ0n) is 11.5. The number of hydrogen-bond donors (Lipinski definition) is 2. The molecule has 0 radical (unpaired) electrons. The van der Waals surface area contributed by atoms with E-state index in [2.05, 4.69) is 5.32 Å². The Labute approximate surface area is 117 Å². The van der Waals surface area contributed by atoms with Crippen LogP contribution in [0.25, 0.3) is 0 Å². The fourth-order valence-electron chi connectivity index (χ4n) is 1.90. The lowest BCUT2D eigenvalue weighted by molar-refractivity contribution is 0.191. The zero-order valence-corrected chi connectivity index (χ0v) is 11.5. The van der Waals surface area contributed by atoms with Crippen LogP contribution in [0.1, 0.15) is 22.8 Å². The fraction of sp³-hybridized carbons (Fsp3) is 0.250. The van der Waals surface area contributed by atoms with Crippen LogP contribution in [-0.4, -0.2) is 11.7 Å². The third kappa shape index (κ3) is 3.33. The summed E-state index contributed by atoms with van der Waals surface area (Å²) in [4.78, 5) is 0. The summed E-state index contributed by atoms with van der Waals surface area (Å²) in [6.07, 6.45) is -0.897. The third-order valence-corrected chi connectivity index (χ3v) is 3.33. The highest BCUT2D eigenvalue weighted by molar-refractivity contribution is 5.48. The van der Waals surface area contributed by atoms with Crippen molar-refractivity contribution in [3.63, 3.8) is 0 Å². The Morgan fingerprint density at radius 3 is 2.40 bits per heavy atom. The monoisotopic (exact) mass is 277 g/mol. The first-order valence-electron chi connectivity index (χ1n) is 6.41. The topological polar surface area (TPSA) is 32.3 Å². The van der Waals surface area contributed by atoms with Crippen molar-refractivity contribution in [3.05, 3.63) is 64.7 Å². The first-order chi connectivity index (χ1) is 9.47. The van der Waals surface area contributed by atoms with E-state index in [1.165, 1.54) is 11.6 Å². The number of hydrogen-bond acceptors (Lipinski definition) is 2. The molecule has 2 aromatic carbocycles. The van der Waals surface area contributed by atoms with Crippen LogP contribution in [0.4, 0.5) is 14.5 Å². The summed E-state index contributed by atoms with van der Waals surface area (Å²) in [6.45, 7) is 4.26. The minimum Gasteiger partial charge on any atom is -0.387 e. The number of anilines is 1. The Balaban J connectivity index is 2.02. The number of aliphatic hydroxyl groups is 1. The van der Waals surface area contributed by atoms with Gasteiger partial charge in [-0.15, -0.1) is 0 Å². The van der Waals surface area contributed by atoms with Gasteiger partial charge in [0.15, 0.2) is 11.6 Å². The van der Waals surface area contributed by atoms with Crippen LogP contribution in [-0.2, 0) is 0 Å². The van der Waals surface area contributed by atoms with Crippen molar-refractivity contribution in [2.24, 2.45) is 0 Å². The molecule has 0 saturated heterocycles. The molecule has 0 aliphatic heterocycles. The van der Waals surface area contributed by atoms with E-state index in [1.54, 1.807) is 0 Å². The zero-order chi connectivity index (χ0) is 14.7. The molecule has 0 amide bonds. The van der Waals surface area contributed by atoms with Gasteiger partial charge in [-0.05, 0) is 54.8 Å². The molecule has 106 valence electrons. The van der Waals surface area contributed by atoms with Crippen LogP contribution in [0, 0.1) is 25.5 Å². The maximum absolute atomic E-state index is 13.1. The Kier molecular flexibility index (Phi) is 4.35. The van der Waals surface area contributed by atoms with E-state index in [0.717, 1.165) is 23.4 Å². The second-order valence-corrected chi connectivity index (χ2v) is 4.87. The maximum atomic E-state index is 13.1. The molecule has 4 heteroatoms. The number of aliphatic hydroxyl groups excluding tert-OH is 1. The molecule has 1 unspecified atom stereocenters. The smallest absolute Gasteiger partial charge is 0.159 e. The lowest BCUT2D eigenvalue weighted by Crippen LogP contribution is -2.12. The van der Waals surface area contributed by atoms with E-state index in [9.17, 15) is 13.9 Å². The van der Waals surface area contributed by atoms with E-state index in [4.69, 9.17) is 0 Å². The molecule has 0 spiro atoms. The molecular weight excluding hydrogens is 260 g/mol. The van der Waals surface area contributed by atoms with Crippen molar-refractivity contribution in [1.82, 2.24) is 0 Å². The SMILES string of the molecule is Cc1ccc(NCC(O)c2ccc(F)c(F)c2)cc1C. The van der Waals surface area contributed by atoms with Crippen molar-refractivity contribution in [1.29, 1.82) is 0 Å². The van der Waals surface area contributed by atoms with Crippen molar-refractivity contribution < 1.29 is 13.9 Å². The molecule has 0 aliphatic rings. The Bertz CT molecular complexity index is 613. The predicted octanol–water partition coefficient (Wildman–Crippen LogP) is 3.73. The molecule has 1 atom stereocenters. The van der Waals surface area contributed by atoms with Crippen LogP contribution < -0.4 is 5.32 Å². The van der Waals surface area contributed by atoms with Crippen molar-refractivity contribution in [3.8, 4) is 0 Å². The Hall–Kier alpha value is -1.94. The second kappa shape index (κ2) is 6.01. The normalized spacial score (nSPS) is 12.2. The van der Waals surface area contributed by atoms with Gasteiger partial charge in [-0.3, -0.25) is 0 Å². The van der Waals surface area contributed by atoms with Gasteiger partial charge in [0.25, 0.3) is 0 Å². The van der Waals surface area contributed by atoms with Crippen LogP contribution in [0.2, 0.25) is 0 Å². The summed E-state index contributed by atoms with van der Waals surface area (Å²) in [5, 5.41) is 13.0. The molecule has 2 aromatic rings. The average molecular weight is 277 g/mol. The average Bonchev–Trinajstić information content (AvgIpc) is 2.43. The van der Waals surface area contributed by atoms with Crippen LogP contribution in [0.5, 0.6) is 0 Å². The first-order valence-corrected chi connectivity index (χ1v) is 6.41. The third-order valence-electron chi connectivity index (χ3n) is 3.33. The predicted molar refractivity (Wildman–Crippen MR) is 75.7 cm³/mol. The van der Waals surface area contributed by atoms with Crippen molar-refractivity contribution >= 4 is 5.69 Å². The number of benzene rings is 2. The summed E-state index contributed by atoms with van der Waals surface area (Å²) in [5.74, 6) is -1.87. The highest BCUT2D eigenvalue weighted by atomic mass is 19.2. The van der Waals surface area contributed by atoms with Gasteiger partial charge < -0.3 is 10.4 Å². The molecule has 0 aromatic heterocycles. The summed E-state index contributed by atoms with van der Waals surface area (Å²) < 4.78 is 25.9. The van der Waals surface area contributed by atoms with Crippen molar-refractivity contribution in [2.45, 2.75) is 20.0 Å². The highest BCUT2D eigenvalue weighted by Gasteiger charge is 2.10. The maximum Gasteiger partial charge on any atom is 0.159 e. The number of halogens is 2. The summed E-state index contributed by atoms with van der Waals surface area (Å²) in [5.41, 5.74) is 3.57. The van der Waals surface area contributed by atoms with E-state index >= 15 is 0 Å². The minimum absolute atomic E-state index is 0.230. The largest absolute Gasteiger partial charge is 0.387 e. The lowest BCUT2D eigenvalue weighted by Gasteiger charge is -2.14. The molecule has 2 N–H and O–H groups in total. The van der Waals surface area contributed by atoms with Gasteiger partial charge in [-0.1, -0.05) is 12.1 Å². The van der Waals surface area contributed by atoms with Crippen LogP contribution >= 0.6 is 0 Å². The van der Waals surface area contributed by atoms with Gasteiger partial charge in [0.1, 0.15) is 0 Å². The standard InChI is InChI=1S/C16H17F2NO/c1-10-3-5-13(7-11(10)2)19-9-16(20)12-4-6-14(17)15(18)8-12/h3-8,16,19-20H,9H2,1-2H3.